The number of alkyl halides is 1. The van der Waals surface area contributed by atoms with Crippen LogP contribution >= 0.6 is 11.6 Å². The van der Waals surface area contributed by atoms with Crippen molar-refractivity contribution in [2.24, 2.45) is 0 Å². The highest BCUT2D eigenvalue weighted by Crippen LogP contribution is 2.13. The molecule has 0 bridgehead atoms. The Morgan fingerprint density at radius 2 is 1.87 bits per heavy atom. The number of fused-ring (bicyclic) bond motifs is 1. The van der Waals surface area contributed by atoms with Gasteiger partial charge in [-0.3, -0.25) is 4.98 Å². The van der Waals surface area contributed by atoms with Crippen LogP contribution in [0.4, 0.5) is 0 Å². The van der Waals surface area contributed by atoms with Gasteiger partial charge in [-0.05, 0) is 31.4 Å². The average molecular weight is 220 g/mol. The van der Waals surface area contributed by atoms with Crippen molar-refractivity contribution in [1.29, 1.82) is 0 Å². The lowest BCUT2D eigenvalue weighted by Crippen LogP contribution is -1.91. The molecule has 78 valence electrons. The van der Waals surface area contributed by atoms with E-state index in [0.717, 1.165) is 30.7 Å². The summed E-state index contributed by atoms with van der Waals surface area (Å²) in [7, 11) is 0. The van der Waals surface area contributed by atoms with Crippen LogP contribution in [0, 0.1) is 0 Å². The highest BCUT2D eigenvalue weighted by Gasteiger charge is 1.97. The number of hydrogen-bond acceptors (Lipinski definition) is 1. The molecule has 2 aromatic rings. The quantitative estimate of drug-likeness (QED) is 0.563. The van der Waals surface area contributed by atoms with Crippen molar-refractivity contribution < 1.29 is 0 Å². The van der Waals surface area contributed by atoms with E-state index in [1.54, 1.807) is 0 Å². The minimum Gasteiger partial charge on any atom is -0.253 e. The molecule has 1 aromatic carbocycles. The molecule has 0 aliphatic rings. The molecule has 0 spiro atoms. The summed E-state index contributed by atoms with van der Waals surface area (Å²) < 4.78 is 0. The van der Waals surface area contributed by atoms with E-state index in [1.165, 1.54) is 11.1 Å². The number of nitrogens with zero attached hydrogens (tertiary/aromatic N) is 1. The Bertz CT molecular complexity index is 439. The van der Waals surface area contributed by atoms with Gasteiger partial charge in [0.15, 0.2) is 0 Å². The lowest BCUT2D eigenvalue weighted by Gasteiger charge is -2.01. The second-order valence-corrected chi connectivity index (χ2v) is 4.02. The molecule has 0 aliphatic carbocycles. The third-order valence-electron chi connectivity index (χ3n) is 2.47. The van der Waals surface area contributed by atoms with E-state index in [4.69, 9.17) is 11.6 Å². The maximum Gasteiger partial charge on any atom is 0.0705 e. The first-order valence-corrected chi connectivity index (χ1v) is 5.84. The molecule has 0 unspecified atom stereocenters. The fraction of sp³-hybridized carbons (Fsp3) is 0.308. The van der Waals surface area contributed by atoms with Crippen LogP contribution in [0.5, 0.6) is 0 Å². The van der Waals surface area contributed by atoms with Gasteiger partial charge >= 0.3 is 0 Å². The van der Waals surface area contributed by atoms with Gasteiger partial charge in [-0.15, -0.1) is 11.6 Å². The lowest BCUT2D eigenvalue weighted by atomic mass is 10.1. The summed E-state index contributed by atoms with van der Waals surface area (Å²) in [4.78, 5) is 4.60. The minimum atomic E-state index is 0.744. The number of aromatic nitrogens is 1. The summed E-state index contributed by atoms with van der Waals surface area (Å²) in [5, 5.41) is 1.21. The van der Waals surface area contributed by atoms with E-state index >= 15 is 0 Å². The second-order valence-electron chi connectivity index (χ2n) is 3.64. The molecule has 0 aliphatic heterocycles. The van der Waals surface area contributed by atoms with Crippen molar-refractivity contribution in [3.63, 3.8) is 0 Å². The van der Waals surface area contributed by atoms with Gasteiger partial charge in [0, 0.05) is 17.0 Å². The topological polar surface area (TPSA) is 12.9 Å². The summed E-state index contributed by atoms with van der Waals surface area (Å²) in [5.74, 6) is 0.744. The van der Waals surface area contributed by atoms with Crippen molar-refractivity contribution in [3.8, 4) is 0 Å². The maximum atomic E-state index is 5.64. The largest absolute Gasteiger partial charge is 0.253 e. The van der Waals surface area contributed by atoms with Gasteiger partial charge < -0.3 is 0 Å². The standard InChI is InChI=1S/C13H14ClN/c14-10-4-3-6-12-9-8-11-5-1-2-7-13(11)15-12/h1-2,5,7-9H,3-4,6,10H2. The predicted octanol–water partition coefficient (Wildman–Crippen LogP) is 3.80. The number of aryl methyl sites for hydroxylation is 1. The van der Waals surface area contributed by atoms with E-state index in [1.807, 2.05) is 12.1 Å². The number of unbranched alkanes of at least 4 members (excludes halogenated alkanes) is 1. The molecule has 15 heavy (non-hydrogen) atoms. The second kappa shape index (κ2) is 5.13. The first kappa shape index (κ1) is 10.4. The van der Waals surface area contributed by atoms with Crippen molar-refractivity contribution >= 4 is 22.5 Å². The van der Waals surface area contributed by atoms with Gasteiger partial charge in [0.2, 0.25) is 0 Å². The fourth-order valence-corrected chi connectivity index (χ4v) is 1.84. The minimum absolute atomic E-state index is 0.744. The van der Waals surface area contributed by atoms with Crippen LogP contribution in [-0.4, -0.2) is 10.9 Å². The van der Waals surface area contributed by atoms with Crippen LogP contribution < -0.4 is 0 Å². The SMILES string of the molecule is ClCCCCc1ccc2ccccc2n1. The van der Waals surface area contributed by atoms with Gasteiger partial charge in [0.05, 0.1) is 5.52 Å². The summed E-state index contributed by atoms with van der Waals surface area (Å²) in [5.41, 5.74) is 2.25. The zero-order valence-corrected chi connectivity index (χ0v) is 9.37. The van der Waals surface area contributed by atoms with Crippen molar-refractivity contribution in [2.45, 2.75) is 19.3 Å². The lowest BCUT2D eigenvalue weighted by molar-refractivity contribution is 0.784. The van der Waals surface area contributed by atoms with Crippen LogP contribution in [0.25, 0.3) is 10.9 Å². The zero-order chi connectivity index (χ0) is 10.5. The van der Waals surface area contributed by atoms with E-state index in [2.05, 4.69) is 29.2 Å². The summed E-state index contributed by atoms with van der Waals surface area (Å²) in [6, 6.07) is 12.5. The molecule has 0 radical (unpaired) electrons. The molecular formula is C13H14ClN. The molecule has 2 rings (SSSR count). The van der Waals surface area contributed by atoms with Gasteiger partial charge in [0.1, 0.15) is 0 Å². The Morgan fingerprint density at radius 3 is 2.73 bits per heavy atom. The molecular weight excluding hydrogens is 206 g/mol. The number of halogens is 1. The third kappa shape index (κ3) is 2.69. The van der Waals surface area contributed by atoms with Crippen LogP contribution in [0.2, 0.25) is 0 Å². The van der Waals surface area contributed by atoms with Gasteiger partial charge in [-0.25, -0.2) is 0 Å². The zero-order valence-electron chi connectivity index (χ0n) is 8.62. The maximum absolute atomic E-state index is 5.64. The Balaban J connectivity index is 2.16. The molecule has 0 N–H and O–H groups in total. The van der Waals surface area contributed by atoms with Gasteiger partial charge in [0.25, 0.3) is 0 Å². The van der Waals surface area contributed by atoms with Crippen molar-refractivity contribution in [2.75, 3.05) is 5.88 Å². The molecule has 2 heteroatoms. The number of para-hydroxylation sites is 1. The highest BCUT2D eigenvalue weighted by atomic mass is 35.5. The number of rotatable bonds is 4. The van der Waals surface area contributed by atoms with Crippen LogP contribution in [0.1, 0.15) is 18.5 Å². The van der Waals surface area contributed by atoms with Crippen LogP contribution in [0.15, 0.2) is 36.4 Å². The van der Waals surface area contributed by atoms with E-state index in [0.29, 0.717) is 0 Å². The predicted molar refractivity (Wildman–Crippen MR) is 65.4 cm³/mol. The molecule has 1 nitrogen and oxygen atoms in total. The average Bonchev–Trinajstić information content (AvgIpc) is 2.29. The Labute approximate surface area is 95.1 Å². The summed E-state index contributed by atoms with van der Waals surface area (Å²) >= 11 is 5.64. The normalized spacial score (nSPS) is 10.7. The monoisotopic (exact) mass is 219 g/mol. The van der Waals surface area contributed by atoms with Crippen molar-refractivity contribution in [1.82, 2.24) is 4.98 Å². The Hall–Kier alpha value is -1.08. The van der Waals surface area contributed by atoms with Crippen LogP contribution in [-0.2, 0) is 6.42 Å². The summed E-state index contributed by atoms with van der Waals surface area (Å²) in [6.45, 7) is 0. The van der Waals surface area contributed by atoms with Crippen LogP contribution in [0.3, 0.4) is 0 Å². The highest BCUT2D eigenvalue weighted by molar-refractivity contribution is 6.17. The van der Waals surface area contributed by atoms with Gasteiger partial charge in [-0.1, -0.05) is 24.3 Å². The molecule has 1 heterocycles. The Kier molecular flexibility index (Phi) is 3.57. The molecule has 1 aromatic heterocycles. The molecule has 0 saturated heterocycles. The molecule has 0 fully saturated rings. The molecule has 0 atom stereocenters. The fourth-order valence-electron chi connectivity index (χ4n) is 1.65. The van der Waals surface area contributed by atoms with Crippen molar-refractivity contribution in [3.05, 3.63) is 42.1 Å². The molecule has 0 amide bonds. The van der Waals surface area contributed by atoms with Gasteiger partial charge in [-0.2, -0.15) is 0 Å². The first-order chi connectivity index (χ1) is 7.40. The number of benzene rings is 1. The Morgan fingerprint density at radius 1 is 1.00 bits per heavy atom. The van der Waals surface area contributed by atoms with E-state index < -0.39 is 0 Å². The summed E-state index contributed by atoms with van der Waals surface area (Å²) in [6.07, 6.45) is 3.21. The van der Waals surface area contributed by atoms with E-state index in [-0.39, 0.29) is 0 Å². The van der Waals surface area contributed by atoms with E-state index in [9.17, 15) is 0 Å². The molecule has 0 saturated carbocycles. The number of hydrogen-bond donors (Lipinski definition) is 0. The number of pyridine rings is 1. The first-order valence-electron chi connectivity index (χ1n) is 5.31. The smallest absolute Gasteiger partial charge is 0.0705 e. The third-order valence-corrected chi connectivity index (χ3v) is 2.74.